The molecule has 0 radical (unpaired) electrons. The molecule has 7 rings (SSSR count). The number of unbranched alkanes of at least 4 members (excludes halogenated alkanes) is 2. The molecule has 0 spiro atoms. The number of methoxy groups -OCH3 is 1. The topological polar surface area (TPSA) is 138 Å². The minimum atomic E-state index is -0.208. The molecule has 2 unspecified atom stereocenters. The number of benzene rings is 3. The Labute approximate surface area is 381 Å². The van der Waals surface area contributed by atoms with Crippen molar-refractivity contribution in [1.29, 1.82) is 0 Å². The van der Waals surface area contributed by atoms with Gasteiger partial charge in [0.15, 0.2) is 0 Å². The lowest BCUT2D eigenvalue weighted by Gasteiger charge is -2.40. The van der Waals surface area contributed by atoms with Gasteiger partial charge in [-0.2, -0.15) is 0 Å². The number of carbonyl (C=O) groups is 3. The highest BCUT2D eigenvalue weighted by molar-refractivity contribution is 6.13. The highest BCUT2D eigenvalue weighted by Crippen LogP contribution is 2.43. The number of rotatable bonds is 20. The minimum absolute atomic E-state index is 0.0367. The summed E-state index contributed by atoms with van der Waals surface area (Å²) in [5.74, 6) is 1.76. The Morgan fingerprint density at radius 1 is 0.828 bits per heavy atom. The molecule has 1 aliphatic carbocycles. The molecule has 0 bridgehead atoms. The maximum absolute atomic E-state index is 15.3. The molecule has 2 atom stereocenters. The number of anilines is 2. The summed E-state index contributed by atoms with van der Waals surface area (Å²) in [4.78, 5) is 56.1. The average Bonchev–Trinajstić information content (AvgIpc) is 3.85. The van der Waals surface area contributed by atoms with Gasteiger partial charge in [-0.3, -0.25) is 24.2 Å². The molecule has 11 nitrogen and oxygen atoms in total. The van der Waals surface area contributed by atoms with Gasteiger partial charge in [0.05, 0.1) is 18.7 Å². The van der Waals surface area contributed by atoms with E-state index in [1.807, 2.05) is 66.1 Å². The number of piperidine rings is 2. The molecule has 2 saturated heterocycles. The summed E-state index contributed by atoms with van der Waals surface area (Å²) in [5, 5.41) is 0.818. The molecular formula is C53H73N7O4. The molecule has 4 aromatic rings. The average molecular weight is 872 g/mol. The lowest BCUT2D eigenvalue weighted by molar-refractivity contribution is -0.131. The molecule has 344 valence electrons. The molecule has 2 aliphatic heterocycles. The van der Waals surface area contributed by atoms with Crippen LogP contribution in [0, 0.1) is 5.92 Å². The predicted octanol–water partition coefficient (Wildman–Crippen LogP) is 9.11. The number of para-hydroxylation sites is 1. The van der Waals surface area contributed by atoms with Crippen molar-refractivity contribution in [3.8, 4) is 5.75 Å². The third kappa shape index (κ3) is 11.1. The van der Waals surface area contributed by atoms with Gasteiger partial charge in [-0.05, 0) is 119 Å². The van der Waals surface area contributed by atoms with Crippen molar-refractivity contribution in [2.75, 3.05) is 57.0 Å². The number of fused-ring (bicyclic) bond motifs is 1. The van der Waals surface area contributed by atoms with Crippen molar-refractivity contribution >= 4 is 40.0 Å². The fourth-order valence-corrected chi connectivity index (χ4v) is 11.0. The van der Waals surface area contributed by atoms with E-state index in [4.69, 9.17) is 21.2 Å². The van der Waals surface area contributed by atoms with E-state index in [9.17, 15) is 9.59 Å². The fourth-order valence-electron chi connectivity index (χ4n) is 11.0. The lowest BCUT2D eigenvalue weighted by Crippen LogP contribution is -2.48. The molecule has 3 heterocycles. The highest BCUT2D eigenvalue weighted by Gasteiger charge is 2.37. The number of pyridine rings is 1. The number of ether oxygens (including phenoxy) is 1. The summed E-state index contributed by atoms with van der Waals surface area (Å²) in [6.07, 6.45) is 13.0. The van der Waals surface area contributed by atoms with Crippen LogP contribution < -0.4 is 21.1 Å². The number of ketones is 1. The van der Waals surface area contributed by atoms with E-state index in [-0.39, 0.29) is 42.2 Å². The van der Waals surface area contributed by atoms with Gasteiger partial charge in [-0.1, -0.05) is 86.7 Å². The number of carbonyl (C=O) groups excluding carboxylic acids is 3. The zero-order valence-electron chi connectivity index (χ0n) is 38.8. The van der Waals surface area contributed by atoms with Crippen LogP contribution in [0.5, 0.6) is 5.75 Å². The number of likely N-dealkylation sites (tertiary alicyclic amines) is 2. The number of Topliss-reactive ketones (excluding diaryl/α,β-unsaturated/α-hetero) is 1. The number of hydrogen-bond acceptors (Lipinski definition) is 9. The number of aromatic nitrogens is 1. The van der Waals surface area contributed by atoms with Gasteiger partial charge in [0.1, 0.15) is 22.9 Å². The quantitative estimate of drug-likeness (QED) is 0.0834. The van der Waals surface area contributed by atoms with Crippen LogP contribution in [0.15, 0.2) is 72.8 Å². The van der Waals surface area contributed by atoms with Crippen LogP contribution in [0.2, 0.25) is 0 Å². The number of hydrogen-bond donors (Lipinski definition) is 2. The van der Waals surface area contributed by atoms with E-state index in [1.54, 1.807) is 7.11 Å². The Bertz CT molecular complexity index is 2150. The van der Waals surface area contributed by atoms with Crippen LogP contribution in [0.3, 0.4) is 0 Å². The van der Waals surface area contributed by atoms with Gasteiger partial charge in [-0.25, -0.2) is 4.98 Å². The van der Waals surface area contributed by atoms with Crippen LogP contribution >= 0.6 is 0 Å². The molecule has 3 aliphatic rings. The largest absolute Gasteiger partial charge is 0.494 e. The maximum Gasteiger partial charge on any atom is 0.262 e. The Morgan fingerprint density at radius 2 is 1.53 bits per heavy atom. The van der Waals surface area contributed by atoms with Crippen LogP contribution in [-0.4, -0.2) is 95.7 Å². The van der Waals surface area contributed by atoms with E-state index < -0.39 is 0 Å². The Kier molecular flexibility index (Phi) is 16.8. The molecule has 64 heavy (non-hydrogen) atoms. The van der Waals surface area contributed by atoms with Gasteiger partial charge in [0.25, 0.3) is 5.91 Å². The second kappa shape index (κ2) is 22.9. The van der Waals surface area contributed by atoms with Crippen LogP contribution in [0.1, 0.15) is 137 Å². The maximum atomic E-state index is 15.3. The first-order valence-electron chi connectivity index (χ1n) is 24.4. The molecule has 11 heteroatoms. The van der Waals surface area contributed by atoms with Crippen molar-refractivity contribution in [3.63, 3.8) is 0 Å². The summed E-state index contributed by atoms with van der Waals surface area (Å²) >= 11 is 0. The van der Waals surface area contributed by atoms with Gasteiger partial charge in [0, 0.05) is 69.2 Å². The second-order valence-corrected chi connectivity index (χ2v) is 18.4. The number of nitrogens with two attached hydrogens (primary N) is 2. The molecule has 3 fully saturated rings. The molecular weight excluding hydrogens is 799 g/mol. The number of nitrogens with zero attached hydrogens (tertiary/aromatic N) is 5. The summed E-state index contributed by atoms with van der Waals surface area (Å²) in [6, 6.07) is 24.3. The Hall–Kier alpha value is -4.84. The van der Waals surface area contributed by atoms with Gasteiger partial charge >= 0.3 is 0 Å². The molecule has 4 N–H and O–H groups in total. The van der Waals surface area contributed by atoms with Crippen molar-refractivity contribution in [3.05, 3.63) is 95.1 Å². The standard InChI is InChI=1S/C53H73N7O4/c1-4-58(5-2)48(62)23-13-8-16-31-59-34-28-40(35-45(59)46(61)26-24-38-17-14-15-18-38)43-25-27-47(64-3)51-49(43)44(36-54)50(52(55)56-51)53(63)60(41-21-11-7-12-22-41)42-29-32-57(33-30-42)37-39-19-9-6-10-20-39/h6-7,9-12,19-22,25,27,38,40,42,45H,4-5,8,13-18,23-24,26,28-37,54H2,1-3H3,(H2,55,56). The van der Waals surface area contributed by atoms with Crippen LogP contribution in [-0.2, 0) is 22.7 Å². The molecule has 3 aromatic carbocycles. The Morgan fingerprint density at radius 3 is 2.20 bits per heavy atom. The first-order valence-corrected chi connectivity index (χ1v) is 24.4. The van der Waals surface area contributed by atoms with Crippen molar-refractivity contribution < 1.29 is 19.1 Å². The van der Waals surface area contributed by atoms with Gasteiger partial charge in [-0.15, -0.1) is 0 Å². The zero-order chi connectivity index (χ0) is 45.0. The monoisotopic (exact) mass is 872 g/mol. The van der Waals surface area contributed by atoms with Gasteiger partial charge < -0.3 is 26.0 Å². The zero-order valence-corrected chi connectivity index (χ0v) is 38.8. The van der Waals surface area contributed by atoms with Crippen molar-refractivity contribution in [2.45, 2.75) is 135 Å². The number of amides is 2. The summed E-state index contributed by atoms with van der Waals surface area (Å²) < 4.78 is 5.91. The SMILES string of the molecule is CCN(CC)C(=O)CCCCCN1CCC(c2ccc(OC)c3nc(N)c(C(=O)N(c4ccccc4)C4CCN(Cc5ccccc5)CC4)c(CN)c23)CC1C(=O)CCC1CCCC1. The minimum Gasteiger partial charge on any atom is -0.494 e. The van der Waals surface area contributed by atoms with E-state index in [0.29, 0.717) is 53.4 Å². The fraction of sp³-hybridized carbons (Fsp3) is 0.547. The van der Waals surface area contributed by atoms with Crippen LogP contribution in [0.25, 0.3) is 10.9 Å². The molecule has 2 amide bonds. The first-order chi connectivity index (χ1) is 31.2. The molecule has 1 saturated carbocycles. The molecule has 1 aromatic heterocycles. The van der Waals surface area contributed by atoms with Crippen molar-refractivity contribution in [2.24, 2.45) is 11.7 Å². The van der Waals surface area contributed by atoms with Gasteiger partial charge in [0.2, 0.25) is 5.91 Å². The van der Waals surface area contributed by atoms with E-state index in [1.165, 1.54) is 31.2 Å². The third-order valence-electron chi connectivity index (χ3n) is 14.6. The predicted molar refractivity (Wildman–Crippen MR) is 259 cm³/mol. The van der Waals surface area contributed by atoms with E-state index in [2.05, 4.69) is 40.1 Å². The van der Waals surface area contributed by atoms with E-state index in [0.717, 1.165) is 107 Å². The third-order valence-corrected chi connectivity index (χ3v) is 14.6. The summed E-state index contributed by atoms with van der Waals surface area (Å²) in [7, 11) is 1.63. The summed E-state index contributed by atoms with van der Waals surface area (Å²) in [5.41, 5.74) is 18.4. The van der Waals surface area contributed by atoms with Crippen LogP contribution in [0.4, 0.5) is 11.5 Å². The van der Waals surface area contributed by atoms with Crippen molar-refractivity contribution in [1.82, 2.24) is 19.7 Å². The number of nitrogen functional groups attached to an aromatic ring is 1. The van der Waals surface area contributed by atoms with E-state index >= 15 is 4.79 Å². The normalized spacial score (nSPS) is 18.9. The lowest BCUT2D eigenvalue weighted by atomic mass is 9.80. The summed E-state index contributed by atoms with van der Waals surface area (Å²) in [6.45, 7) is 9.86. The Balaban J connectivity index is 1.17. The smallest absolute Gasteiger partial charge is 0.262 e. The first kappa shape index (κ1) is 47.1. The second-order valence-electron chi connectivity index (χ2n) is 18.4. The highest BCUT2D eigenvalue weighted by atomic mass is 16.5.